The molecule has 0 atom stereocenters. The van der Waals surface area contributed by atoms with Gasteiger partial charge in [0.05, 0.1) is 11.5 Å². The van der Waals surface area contributed by atoms with Crippen molar-refractivity contribution in [3.8, 4) is 11.5 Å². The Kier molecular flexibility index (Phi) is 7.82. The first-order valence-corrected chi connectivity index (χ1v) is 10.6. The number of carbonyl (C=O) groups is 1. The number of benzene rings is 2. The molecule has 1 heterocycles. The first-order chi connectivity index (χ1) is 16.7. The van der Waals surface area contributed by atoms with E-state index < -0.39 is 21.9 Å². The van der Waals surface area contributed by atoms with Crippen molar-refractivity contribution in [1.82, 2.24) is 9.97 Å². The molecule has 3 aromatic rings. The van der Waals surface area contributed by atoms with E-state index in [2.05, 4.69) is 10.3 Å². The molecule has 35 heavy (non-hydrogen) atoms. The number of amides is 1. The van der Waals surface area contributed by atoms with Crippen molar-refractivity contribution >= 4 is 29.4 Å². The van der Waals surface area contributed by atoms with Crippen LogP contribution in [0, 0.1) is 24.0 Å². The molecule has 0 aliphatic carbocycles. The van der Waals surface area contributed by atoms with Crippen molar-refractivity contribution in [2.75, 3.05) is 18.5 Å². The topological polar surface area (TPSA) is 156 Å². The van der Waals surface area contributed by atoms with Crippen molar-refractivity contribution in [2.45, 2.75) is 20.8 Å². The van der Waals surface area contributed by atoms with Gasteiger partial charge in [0.1, 0.15) is 5.69 Å². The highest BCUT2D eigenvalue weighted by molar-refractivity contribution is 5.92. The van der Waals surface area contributed by atoms with Crippen LogP contribution in [0.5, 0.6) is 11.5 Å². The number of hydrogen-bond acceptors (Lipinski definition) is 7. The number of nitrogens with zero attached hydrogens (tertiary/aromatic N) is 1. The van der Waals surface area contributed by atoms with Gasteiger partial charge < -0.3 is 19.8 Å². The van der Waals surface area contributed by atoms with Gasteiger partial charge in [-0.25, -0.2) is 4.79 Å². The third-order valence-electron chi connectivity index (χ3n) is 4.99. The summed E-state index contributed by atoms with van der Waals surface area (Å²) >= 11 is 0. The van der Waals surface area contributed by atoms with Crippen LogP contribution in [-0.4, -0.2) is 34.0 Å². The van der Waals surface area contributed by atoms with Gasteiger partial charge in [-0.2, -0.15) is 0 Å². The van der Waals surface area contributed by atoms with E-state index in [4.69, 9.17) is 9.47 Å². The predicted octanol–water partition coefficient (Wildman–Crippen LogP) is 3.17. The van der Waals surface area contributed by atoms with Crippen LogP contribution in [0.25, 0.3) is 12.2 Å². The van der Waals surface area contributed by atoms with E-state index in [0.717, 1.165) is 11.1 Å². The van der Waals surface area contributed by atoms with Gasteiger partial charge in [0.25, 0.3) is 5.91 Å². The molecule has 182 valence electrons. The standard InChI is InChI=1S/C24H24N4O7/c1-4-34-20-12-16(6-9-18-22(28(32)33)23(30)27-24(31)26-18)7-10-19(20)35-13-21(29)25-17-8-5-14(2)15(3)11-17/h5-12H,4,13H2,1-3H3,(H,25,29)(H2,26,27,30,31)/b9-6-. The normalized spacial score (nSPS) is 10.8. The molecule has 3 rings (SSSR count). The summed E-state index contributed by atoms with van der Waals surface area (Å²) in [5.41, 5.74) is 0.408. The third-order valence-corrected chi connectivity index (χ3v) is 4.99. The molecule has 3 N–H and O–H groups in total. The molecular formula is C24H24N4O7. The van der Waals surface area contributed by atoms with Gasteiger partial charge >= 0.3 is 16.9 Å². The molecule has 1 aromatic heterocycles. The zero-order valence-electron chi connectivity index (χ0n) is 19.3. The van der Waals surface area contributed by atoms with E-state index in [1.54, 1.807) is 25.1 Å². The van der Waals surface area contributed by atoms with E-state index in [-0.39, 0.29) is 18.2 Å². The minimum atomic E-state index is -1.10. The summed E-state index contributed by atoms with van der Waals surface area (Å²) in [5.74, 6) is 0.336. The number of rotatable bonds is 9. The maximum absolute atomic E-state index is 12.3. The average molecular weight is 480 g/mol. The number of carbonyl (C=O) groups excluding carboxylic acids is 1. The molecule has 11 nitrogen and oxygen atoms in total. The fraction of sp³-hybridized carbons (Fsp3) is 0.208. The minimum absolute atomic E-state index is 0.245. The first kappa shape index (κ1) is 25.0. The van der Waals surface area contributed by atoms with Gasteiger partial charge in [0, 0.05) is 5.69 Å². The lowest BCUT2D eigenvalue weighted by molar-refractivity contribution is -0.386. The Bertz CT molecular complexity index is 1410. The van der Waals surface area contributed by atoms with Crippen molar-refractivity contribution < 1.29 is 19.2 Å². The van der Waals surface area contributed by atoms with Gasteiger partial charge in [-0.05, 0) is 67.8 Å². The highest BCUT2D eigenvalue weighted by Gasteiger charge is 2.19. The second-order valence-corrected chi connectivity index (χ2v) is 7.54. The van der Waals surface area contributed by atoms with Crippen LogP contribution in [0.4, 0.5) is 11.4 Å². The summed E-state index contributed by atoms with van der Waals surface area (Å²) in [7, 11) is 0. The maximum atomic E-state index is 12.3. The largest absolute Gasteiger partial charge is 0.490 e. The van der Waals surface area contributed by atoms with Crippen LogP contribution in [0.15, 0.2) is 46.0 Å². The van der Waals surface area contributed by atoms with Gasteiger partial charge in [-0.15, -0.1) is 0 Å². The Labute approximate surface area is 199 Å². The van der Waals surface area contributed by atoms with E-state index in [1.807, 2.05) is 37.0 Å². The number of aromatic amines is 2. The molecule has 0 unspecified atom stereocenters. The summed E-state index contributed by atoms with van der Waals surface area (Å²) in [5, 5.41) is 14.0. The Morgan fingerprint density at radius 1 is 1.03 bits per heavy atom. The quantitative estimate of drug-likeness (QED) is 0.314. The lowest BCUT2D eigenvalue weighted by Gasteiger charge is -2.13. The molecule has 0 radical (unpaired) electrons. The van der Waals surface area contributed by atoms with Gasteiger partial charge in [0.2, 0.25) is 0 Å². The zero-order valence-corrected chi connectivity index (χ0v) is 19.3. The molecule has 0 bridgehead atoms. The smallest absolute Gasteiger partial charge is 0.357 e. The molecule has 0 aliphatic rings. The Morgan fingerprint density at radius 2 is 1.80 bits per heavy atom. The monoisotopic (exact) mass is 480 g/mol. The minimum Gasteiger partial charge on any atom is -0.490 e. The molecule has 0 saturated heterocycles. The summed E-state index contributed by atoms with van der Waals surface area (Å²) in [6.07, 6.45) is 2.72. The number of nitrogens with one attached hydrogen (secondary N) is 3. The summed E-state index contributed by atoms with van der Waals surface area (Å²) < 4.78 is 11.2. The van der Waals surface area contributed by atoms with Crippen molar-refractivity contribution in [1.29, 1.82) is 0 Å². The molecule has 0 spiro atoms. The summed E-state index contributed by atoms with van der Waals surface area (Å²) in [4.78, 5) is 50.0. The van der Waals surface area contributed by atoms with E-state index in [9.17, 15) is 24.5 Å². The van der Waals surface area contributed by atoms with E-state index in [0.29, 0.717) is 29.4 Å². The number of nitro groups is 1. The lowest BCUT2D eigenvalue weighted by Crippen LogP contribution is -2.25. The lowest BCUT2D eigenvalue weighted by atomic mass is 10.1. The van der Waals surface area contributed by atoms with E-state index in [1.165, 1.54) is 12.2 Å². The van der Waals surface area contributed by atoms with Crippen LogP contribution < -0.4 is 26.0 Å². The number of ether oxygens (including phenoxy) is 2. The molecular weight excluding hydrogens is 456 g/mol. The van der Waals surface area contributed by atoms with Crippen molar-refractivity contribution in [2.24, 2.45) is 0 Å². The van der Waals surface area contributed by atoms with Crippen LogP contribution in [-0.2, 0) is 4.79 Å². The number of hydrogen-bond donors (Lipinski definition) is 3. The molecule has 1 amide bonds. The molecule has 0 aliphatic heterocycles. The molecule has 2 aromatic carbocycles. The van der Waals surface area contributed by atoms with Crippen molar-refractivity contribution in [3.05, 3.63) is 89.7 Å². The number of anilines is 1. The van der Waals surface area contributed by atoms with Crippen LogP contribution >= 0.6 is 0 Å². The second-order valence-electron chi connectivity index (χ2n) is 7.54. The average Bonchev–Trinajstić information content (AvgIpc) is 2.79. The van der Waals surface area contributed by atoms with Gasteiger partial charge in [-0.3, -0.25) is 24.7 Å². The number of aromatic nitrogens is 2. The second kappa shape index (κ2) is 11.0. The van der Waals surface area contributed by atoms with Crippen LogP contribution in [0.1, 0.15) is 29.3 Å². The SMILES string of the molecule is CCOc1cc(/C=C\c2[nH]c(=O)[nH]c(=O)c2[N+](=O)[O-])ccc1OCC(=O)Nc1ccc(C)c(C)c1. The van der Waals surface area contributed by atoms with Crippen LogP contribution in [0.2, 0.25) is 0 Å². The van der Waals surface area contributed by atoms with E-state index >= 15 is 0 Å². The molecule has 0 saturated carbocycles. The maximum Gasteiger partial charge on any atom is 0.357 e. The zero-order chi connectivity index (χ0) is 25.5. The van der Waals surface area contributed by atoms with Crippen LogP contribution in [0.3, 0.4) is 0 Å². The highest BCUT2D eigenvalue weighted by atomic mass is 16.6. The number of H-pyrrole nitrogens is 2. The molecule has 11 heteroatoms. The third kappa shape index (κ3) is 6.44. The fourth-order valence-electron chi connectivity index (χ4n) is 3.15. The van der Waals surface area contributed by atoms with Gasteiger partial charge in [0.15, 0.2) is 18.1 Å². The fourth-order valence-corrected chi connectivity index (χ4v) is 3.15. The molecule has 0 fully saturated rings. The Morgan fingerprint density at radius 3 is 2.49 bits per heavy atom. The highest BCUT2D eigenvalue weighted by Crippen LogP contribution is 2.29. The van der Waals surface area contributed by atoms with Gasteiger partial charge in [-0.1, -0.05) is 18.2 Å². The number of aryl methyl sites for hydroxylation is 2. The Hall–Kier alpha value is -4.67. The Balaban J connectivity index is 1.76. The predicted molar refractivity (Wildman–Crippen MR) is 131 cm³/mol. The summed E-state index contributed by atoms with van der Waals surface area (Å²) in [6, 6.07) is 10.4. The summed E-state index contributed by atoms with van der Waals surface area (Å²) in [6.45, 7) is 5.80. The first-order valence-electron chi connectivity index (χ1n) is 10.6. The van der Waals surface area contributed by atoms with Crippen molar-refractivity contribution in [3.63, 3.8) is 0 Å².